The first-order valence-electron chi connectivity index (χ1n) is 6.53. The minimum absolute atomic E-state index is 0.579. The number of nitrogens with two attached hydrogens (primary N) is 1. The number of hydrogen-bond acceptors (Lipinski definition) is 3. The molecule has 3 nitrogen and oxygen atoms in total. The van der Waals surface area contributed by atoms with Gasteiger partial charge in [0.15, 0.2) is 0 Å². The molecule has 3 N–H and O–H groups in total. The number of nitrogens with one attached hydrogen (secondary N) is 1. The molecular formula is C16H19ClN2O. The van der Waals surface area contributed by atoms with Crippen LogP contribution in [-0.2, 0) is 6.42 Å². The second-order valence-electron chi connectivity index (χ2n) is 4.68. The highest BCUT2D eigenvalue weighted by Gasteiger charge is 2.05. The van der Waals surface area contributed by atoms with E-state index in [1.165, 1.54) is 5.56 Å². The van der Waals surface area contributed by atoms with E-state index in [2.05, 4.69) is 11.4 Å². The normalized spacial score (nSPS) is 10.3. The summed E-state index contributed by atoms with van der Waals surface area (Å²) in [6, 6.07) is 11.8. The Labute approximate surface area is 124 Å². The van der Waals surface area contributed by atoms with Crippen molar-refractivity contribution >= 4 is 23.0 Å². The van der Waals surface area contributed by atoms with Crippen LogP contribution < -0.4 is 15.8 Å². The predicted molar refractivity (Wildman–Crippen MR) is 85.8 cm³/mol. The van der Waals surface area contributed by atoms with Crippen LogP contribution in [0.25, 0.3) is 0 Å². The minimum atomic E-state index is 0.579. The Hall–Kier alpha value is -1.87. The fraction of sp³-hybridized carbons (Fsp3) is 0.250. The van der Waals surface area contributed by atoms with E-state index in [9.17, 15) is 0 Å². The third kappa shape index (κ3) is 3.36. The fourth-order valence-corrected chi connectivity index (χ4v) is 2.30. The molecular weight excluding hydrogens is 272 g/mol. The third-order valence-corrected chi connectivity index (χ3v) is 3.57. The third-order valence-electron chi connectivity index (χ3n) is 3.25. The summed E-state index contributed by atoms with van der Waals surface area (Å²) in [6.07, 6.45) is 0.880. The molecule has 2 rings (SSSR count). The maximum Gasteiger partial charge on any atom is 0.122 e. The maximum absolute atomic E-state index is 6.04. The molecule has 0 unspecified atom stereocenters. The van der Waals surface area contributed by atoms with Crippen molar-refractivity contribution in [2.24, 2.45) is 0 Å². The quantitative estimate of drug-likeness (QED) is 0.821. The Kier molecular flexibility index (Phi) is 4.74. The van der Waals surface area contributed by atoms with Crippen LogP contribution in [0.1, 0.15) is 11.1 Å². The highest BCUT2D eigenvalue weighted by Crippen LogP contribution is 2.26. The molecule has 2 aromatic carbocycles. The first kappa shape index (κ1) is 14.5. The van der Waals surface area contributed by atoms with E-state index >= 15 is 0 Å². The average Bonchev–Trinajstić information content (AvgIpc) is 2.45. The highest BCUT2D eigenvalue weighted by atomic mass is 35.5. The lowest BCUT2D eigenvalue weighted by atomic mass is 10.1. The van der Waals surface area contributed by atoms with Crippen LogP contribution in [0.3, 0.4) is 0 Å². The van der Waals surface area contributed by atoms with Crippen molar-refractivity contribution in [3.63, 3.8) is 0 Å². The van der Waals surface area contributed by atoms with Crippen molar-refractivity contribution in [2.45, 2.75) is 13.3 Å². The summed E-state index contributed by atoms with van der Waals surface area (Å²) in [5.74, 6) is 0.918. The smallest absolute Gasteiger partial charge is 0.122 e. The van der Waals surface area contributed by atoms with Crippen LogP contribution in [0.4, 0.5) is 11.4 Å². The molecule has 106 valence electrons. The number of anilines is 2. The molecule has 0 aromatic heterocycles. The van der Waals surface area contributed by atoms with Crippen molar-refractivity contribution in [1.82, 2.24) is 0 Å². The number of rotatable bonds is 5. The van der Waals surface area contributed by atoms with Gasteiger partial charge in [0.2, 0.25) is 0 Å². The number of methoxy groups -OCH3 is 1. The molecule has 0 aliphatic heterocycles. The molecule has 2 aromatic rings. The molecule has 0 amide bonds. The van der Waals surface area contributed by atoms with Gasteiger partial charge in [-0.15, -0.1) is 0 Å². The number of halogens is 1. The van der Waals surface area contributed by atoms with E-state index in [0.29, 0.717) is 10.7 Å². The van der Waals surface area contributed by atoms with Crippen molar-refractivity contribution in [2.75, 3.05) is 24.7 Å². The van der Waals surface area contributed by atoms with Gasteiger partial charge in [-0.3, -0.25) is 0 Å². The van der Waals surface area contributed by atoms with Crippen LogP contribution in [0.5, 0.6) is 5.75 Å². The zero-order valence-corrected chi connectivity index (χ0v) is 12.5. The van der Waals surface area contributed by atoms with Crippen molar-refractivity contribution in [1.29, 1.82) is 0 Å². The van der Waals surface area contributed by atoms with E-state index in [1.807, 2.05) is 37.3 Å². The minimum Gasteiger partial charge on any atom is -0.496 e. The van der Waals surface area contributed by atoms with Gasteiger partial charge in [-0.05, 0) is 42.7 Å². The number of nitrogen functional groups attached to an aromatic ring is 1. The summed E-state index contributed by atoms with van der Waals surface area (Å²) < 4.78 is 5.34. The zero-order valence-electron chi connectivity index (χ0n) is 11.7. The number of hydrogen-bond donors (Lipinski definition) is 2. The lowest BCUT2D eigenvalue weighted by Crippen LogP contribution is -2.07. The molecule has 0 aliphatic rings. The van der Waals surface area contributed by atoms with Gasteiger partial charge in [-0.2, -0.15) is 0 Å². The van der Waals surface area contributed by atoms with Gasteiger partial charge in [0.05, 0.1) is 17.8 Å². The van der Waals surface area contributed by atoms with E-state index in [1.54, 1.807) is 7.11 Å². The van der Waals surface area contributed by atoms with Gasteiger partial charge < -0.3 is 15.8 Å². The Morgan fingerprint density at radius 1 is 1.25 bits per heavy atom. The molecule has 0 spiro atoms. The molecule has 0 saturated heterocycles. The number of para-hydroxylation sites is 1. The first-order valence-corrected chi connectivity index (χ1v) is 6.91. The zero-order chi connectivity index (χ0) is 14.5. The second kappa shape index (κ2) is 6.53. The summed E-state index contributed by atoms with van der Waals surface area (Å²) in [5, 5.41) is 3.96. The molecule has 0 atom stereocenters. The Bertz CT molecular complexity index is 599. The number of benzene rings is 2. The lowest BCUT2D eigenvalue weighted by Gasteiger charge is -2.12. The summed E-state index contributed by atoms with van der Waals surface area (Å²) in [5.41, 5.74) is 9.67. The summed E-state index contributed by atoms with van der Waals surface area (Å²) in [4.78, 5) is 0. The summed E-state index contributed by atoms with van der Waals surface area (Å²) >= 11 is 6.04. The topological polar surface area (TPSA) is 47.3 Å². The van der Waals surface area contributed by atoms with E-state index in [4.69, 9.17) is 22.1 Å². The van der Waals surface area contributed by atoms with Gasteiger partial charge in [0.1, 0.15) is 5.75 Å². The first-order chi connectivity index (χ1) is 9.61. The van der Waals surface area contributed by atoms with Gasteiger partial charge in [-0.1, -0.05) is 29.8 Å². The van der Waals surface area contributed by atoms with E-state index in [-0.39, 0.29) is 0 Å². The van der Waals surface area contributed by atoms with Crippen LogP contribution in [0.2, 0.25) is 5.02 Å². The molecule has 0 fully saturated rings. The standard InChI is InChI=1S/C16H19ClN2O/c1-11-9-14(18)13(17)10-15(11)19-8-7-12-5-3-4-6-16(12)20-2/h3-6,9-10,19H,7-8,18H2,1-2H3. The number of aryl methyl sites for hydroxylation is 1. The van der Waals surface area contributed by atoms with Crippen molar-refractivity contribution in [3.05, 3.63) is 52.5 Å². The SMILES string of the molecule is COc1ccccc1CCNc1cc(Cl)c(N)cc1C. The van der Waals surface area contributed by atoms with E-state index < -0.39 is 0 Å². The molecule has 0 saturated carbocycles. The van der Waals surface area contributed by atoms with E-state index in [0.717, 1.165) is 30.0 Å². The van der Waals surface area contributed by atoms with Crippen LogP contribution in [-0.4, -0.2) is 13.7 Å². The average molecular weight is 291 g/mol. The van der Waals surface area contributed by atoms with Crippen molar-refractivity contribution < 1.29 is 4.74 Å². The fourth-order valence-electron chi connectivity index (χ4n) is 2.14. The summed E-state index contributed by atoms with van der Waals surface area (Å²) in [7, 11) is 1.69. The summed E-state index contributed by atoms with van der Waals surface area (Å²) in [6.45, 7) is 2.82. The Balaban J connectivity index is 2.01. The van der Waals surface area contributed by atoms with Gasteiger partial charge in [-0.25, -0.2) is 0 Å². The maximum atomic E-state index is 6.04. The Morgan fingerprint density at radius 2 is 2.00 bits per heavy atom. The van der Waals surface area contributed by atoms with Crippen LogP contribution in [0.15, 0.2) is 36.4 Å². The predicted octanol–water partition coefficient (Wildman–Crippen LogP) is 3.89. The van der Waals surface area contributed by atoms with Crippen LogP contribution in [0, 0.1) is 6.92 Å². The van der Waals surface area contributed by atoms with Crippen LogP contribution >= 0.6 is 11.6 Å². The van der Waals surface area contributed by atoms with Gasteiger partial charge >= 0.3 is 0 Å². The largest absolute Gasteiger partial charge is 0.496 e. The molecule has 0 radical (unpaired) electrons. The number of ether oxygens (including phenoxy) is 1. The lowest BCUT2D eigenvalue weighted by molar-refractivity contribution is 0.410. The van der Waals surface area contributed by atoms with Gasteiger partial charge in [0, 0.05) is 12.2 Å². The molecule has 4 heteroatoms. The molecule has 0 aliphatic carbocycles. The van der Waals surface area contributed by atoms with Gasteiger partial charge in [0.25, 0.3) is 0 Å². The monoisotopic (exact) mass is 290 g/mol. The second-order valence-corrected chi connectivity index (χ2v) is 5.08. The molecule has 0 heterocycles. The van der Waals surface area contributed by atoms with Crippen molar-refractivity contribution in [3.8, 4) is 5.75 Å². The highest BCUT2D eigenvalue weighted by molar-refractivity contribution is 6.33. The Morgan fingerprint density at radius 3 is 2.75 bits per heavy atom. The molecule has 20 heavy (non-hydrogen) atoms. The molecule has 0 bridgehead atoms.